The normalized spacial score (nSPS) is 11.5. The number of nitrogens with zero attached hydrogens (tertiary/aromatic N) is 2. The van der Waals surface area contributed by atoms with Crippen molar-refractivity contribution in [2.75, 3.05) is 6.16 Å². The Hall–Kier alpha value is -3.48. The van der Waals surface area contributed by atoms with Crippen LogP contribution in [0.25, 0.3) is 5.69 Å². The van der Waals surface area contributed by atoms with Gasteiger partial charge in [0.25, 0.3) is 0 Å². The molecule has 0 N–H and O–H groups in total. The van der Waals surface area contributed by atoms with Crippen molar-refractivity contribution in [1.29, 1.82) is 0 Å². The maximum atomic E-state index is 2.34. The van der Waals surface area contributed by atoms with Crippen LogP contribution >= 0.6 is 7.26 Å². The van der Waals surface area contributed by atoms with Gasteiger partial charge >= 0.3 is 0 Å². The summed E-state index contributed by atoms with van der Waals surface area (Å²) in [6.45, 7) is 7.57. The van der Waals surface area contributed by atoms with E-state index in [0.29, 0.717) is 0 Å². The van der Waals surface area contributed by atoms with Crippen LogP contribution in [-0.2, 0) is 6.54 Å². The zero-order valence-corrected chi connectivity index (χ0v) is 22.4. The minimum Gasteiger partial charge on any atom is -0.236 e. The van der Waals surface area contributed by atoms with Crippen molar-refractivity contribution in [3.63, 3.8) is 0 Å². The van der Waals surface area contributed by atoms with Crippen molar-refractivity contribution in [1.82, 2.24) is 4.57 Å². The highest BCUT2D eigenvalue weighted by atomic mass is 31.2. The quantitative estimate of drug-likeness (QED) is 0.184. The molecule has 180 valence electrons. The van der Waals surface area contributed by atoms with Crippen molar-refractivity contribution in [2.24, 2.45) is 0 Å². The summed E-state index contributed by atoms with van der Waals surface area (Å²) in [7, 11) is -1.78. The van der Waals surface area contributed by atoms with E-state index in [-0.39, 0.29) is 0 Å². The Labute approximate surface area is 216 Å². The fraction of sp³-hybridized carbons (Fsp3) is 0.182. The van der Waals surface area contributed by atoms with Crippen LogP contribution in [0, 0.1) is 20.8 Å². The fourth-order valence-corrected chi connectivity index (χ4v) is 9.94. The van der Waals surface area contributed by atoms with E-state index in [1.165, 1.54) is 38.3 Å². The van der Waals surface area contributed by atoms with Crippen molar-refractivity contribution in [3.8, 4) is 5.69 Å². The van der Waals surface area contributed by atoms with Gasteiger partial charge in [0, 0.05) is 6.42 Å². The summed E-state index contributed by atoms with van der Waals surface area (Å²) in [6.07, 6.45) is 8.89. The number of aromatic nitrogens is 2. The highest BCUT2D eigenvalue weighted by Gasteiger charge is 2.44. The molecule has 0 aliphatic carbocycles. The molecule has 0 amide bonds. The summed E-state index contributed by atoms with van der Waals surface area (Å²) in [4.78, 5) is 0. The summed E-state index contributed by atoms with van der Waals surface area (Å²) in [5.74, 6) is 0. The zero-order chi connectivity index (χ0) is 25.0. The molecule has 4 aromatic carbocycles. The Morgan fingerprint density at radius 1 is 0.667 bits per heavy atom. The number of rotatable bonds is 8. The monoisotopic (exact) mass is 490 g/mol. The lowest BCUT2D eigenvalue weighted by Gasteiger charge is -2.27. The third-order valence-electron chi connectivity index (χ3n) is 7.09. The molecule has 1 heterocycles. The average molecular weight is 491 g/mol. The van der Waals surface area contributed by atoms with Gasteiger partial charge in [0.15, 0.2) is 0 Å². The van der Waals surface area contributed by atoms with Gasteiger partial charge in [-0.15, -0.1) is 0 Å². The first-order valence-electron chi connectivity index (χ1n) is 12.8. The Balaban J connectivity index is 1.47. The van der Waals surface area contributed by atoms with Gasteiger partial charge in [-0.1, -0.05) is 72.3 Å². The Morgan fingerprint density at radius 3 is 1.61 bits per heavy atom. The minimum absolute atomic E-state index is 0.991. The molecule has 0 aliphatic rings. The Morgan fingerprint density at radius 2 is 1.14 bits per heavy atom. The molecule has 0 saturated heterocycles. The standard InChI is InChI=1S/C33H35N2P/c1-27-24-28(2)33(29(3)25-27)35-22-21-34(26-35)20-13-23-36(30-14-7-4-8-15-30,31-16-9-5-10-17-31)32-18-11-6-12-19-32/h4-12,14-19,21-22,24-26H,13,20,23H2,1-3H3/q+2. The number of imidazole rings is 1. The van der Waals surface area contributed by atoms with Crippen molar-refractivity contribution in [2.45, 2.75) is 33.7 Å². The van der Waals surface area contributed by atoms with E-state index < -0.39 is 7.26 Å². The molecule has 0 spiro atoms. The smallest absolute Gasteiger partial charge is 0.236 e. The topological polar surface area (TPSA) is 8.81 Å². The van der Waals surface area contributed by atoms with Crippen molar-refractivity contribution in [3.05, 3.63) is 139 Å². The molecule has 3 heteroatoms. The molecule has 0 unspecified atom stereocenters. The van der Waals surface area contributed by atoms with Gasteiger partial charge in [-0.05, 0) is 68.3 Å². The van der Waals surface area contributed by atoms with Crippen LogP contribution in [-0.4, -0.2) is 10.7 Å². The van der Waals surface area contributed by atoms with Crippen LogP contribution < -0.4 is 20.5 Å². The SMILES string of the molecule is Cc1cc(C)c(-n2cc[n+](CCC[P+](c3ccccc3)(c3ccccc3)c3ccccc3)c2)c(C)c1. The average Bonchev–Trinajstić information content (AvgIpc) is 3.36. The molecule has 0 fully saturated rings. The van der Waals surface area contributed by atoms with Crippen LogP contribution in [0.5, 0.6) is 0 Å². The number of hydrogen-bond acceptors (Lipinski definition) is 0. The molecule has 0 atom stereocenters. The van der Waals surface area contributed by atoms with Gasteiger partial charge in [-0.3, -0.25) is 0 Å². The van der Waals surface area contributed by atoms with Gasteiger partial charge in [0.05, 0.1) is 12.7 Å². The van der Waals surface area contributed by atoms with E-state index in [2.05, 4.69) is 152 Å². The number of aryl methyl sites for hydroxylation is 4. The summed E-state index contributed by atoms with van der Waals surface area (Å²) in [5, 5.41) is 4.36. The summed E-state index contributed by atoms with van der Waals surface area (Å²) in [6, 6.07) is 38.1. The minimum atomic E-state index is -1.78. The second-order valence-electron chi connectivity index (χ2n) is 9.70. The second-order valence-corrected chi connectivity index (χ2v) is 13.3. The number of hydrogen-bond donors (Lipinski definition) is 0. The highest BCUT2D eigenvalue weighted by molar-refractivity contribution is 7.95. The van der Waals surface area contributed by atoms with Gasteiger partial charge in [0.2, 0.25) is 6.33 Å². The van der Waals surface area contributed by atoms with E-state index in [1.807, 2.05) is 0 Å². The lowest BCUT2D eigenvalue weighted by atomic mass is 10.1. The first-order chi connectivity index (χ1) is 17.6. The largest absolute Gasteiger partial charge is 0.248 e. The molecule has 1 aromatic heterocycles. The first-order valence-corrected chi connectivity index (χ1v) is 14.8. The molecule has 0 aliphatic heterocycles. The zero-order valence-electron chi connectivity index (χ0n) is 21.5. The summed E-state index contributed by atoms with van der Waals surface area (Å²) < 4.78 is 4.62. The molecule has 0 saturated carbocycles. The molecule has 36 heavy (non-hydrogen) atoms. The summed E-state index contributed by atoms with van der Waals surface area (Å²) >= 11 is 0. The van der Waals surface area contributed by atoms with E-state index in [1.54, 1.807) is 0 Å². The van der Waals surface area contributed by atoms with Crippen LogP contribution in [0.2, 0.25) is 0 Å². The fourth-order valence-electron chi connectivity index (χ4n) is 5.61. The molecule has 2 nitrogen and oxygen atoms in total. The molecule has 5 rings (SSSR count). The van der Waals surface area contributed by atoms with E-state index >= 15 is 0 Å². The first kappa shape index (κ1) is 24.2. The lowest BCUT2D eigenvalue weighted by Crippen LogP contribution is -2.36. The van der Waals surface area contributed by atoms with Crippen LogP contribution in [0.1, 0.15) is 23.1 Å². The Kier molecular flexibility index (Phi) is 7.16. The third kappa shape index (κ3) is 4.79. The van der Waals surface area contributed by atoms with Gasteiger partial charge < -0.3 is 0 Å². The predicted molar refractivity (Wildman–Crippen MR) is 155 cm³/mol. The van der Waals surface area contributed by atoms with Crippen LogP contribution in [0.15, 0.2) is 122 Å². The lowest BCUT2D eigenvalue weighted by molar-refractivity contribution is -0.696. The van der Waals surface area contributed by atoms with Crippen molar-refractivity contribution < 1.29 is 4.57 Å². The summed E-state index contributed by atoms with van der Waals surface area (Å²) in [5.41, 5.74) is 5.24. The van der Waals surface area contributed by atoms with Crippen LogP contribution in [0.4, 0.5) is 0 Å². The van der Waals surface area contributed by atoms with Gasteiger partial charge in [0.1, 0.15) is 41.3 Å². The van der Waals surface area contributed by atoms with E-state index in [4.69, 9.17) is 0 Å². The van der Waals surface area contributed by atoms with E-state index in [9.17, 15) is 0 Å². The number of benzene rings is 4. The van der Waals surface area contributed by atoms with Crippen LogP contribution in [0.3, 0.4) is 0 Å². The maximum absolute atomic E-state index is 2.34. The molecule has 0 radical (unpaired) electrons. The second kappa shape index (κ2) is 10.6. The molecule has 0 bridgehead atoms. The van der Waals surface area contributed by atoms with Crippen molar-refractivity contribution >= 4 is 23.2 Å². The maximum Gasteiger partial charge on any atom is 0.248 e. The van der Waals surface area contributed by atoms with Gasteiger partial charge in [-0.25, -0.2) is 9.13 Å². The Bertz CT molecular complexity index is 1300. The predicted octanol–water partition coefficient (Wildman–Crippen LogP) is 6.07. The highest BCUT2D eigenvalue weighted by Crippen LogP contribution is 2.55. The molecular formula is C33H35N2P+2. The van der Waals surface area contributed by atoms with Gasteiger partial charge in [-0.2, -0.15) is 0 Å². The third-order valence-corrected chi connectivity index (χ3v) is 11.6. The van der Waals surface area contributed by atoms with E-state index in [0.717, 1.165) is 19.1 Å². The molecule has 5 aromatic rings. The molecular weight excluding hydrogens is 455 g/mol.